The van der Waals surface area contributed by atoms with Crippen LogP contribution in [0.25, 0.3) is 5.76 Å². The number of ether oxygens (including phenoxy) is 2. The summed E-state index contributed by atoms with van der Waals surface area (Å²) in [5, 5.41) is 11.3. The summed E-state index contributed by atoms with van der Waals surface area (Å²) in [5.41, 5.74) is 0.550. The highest BCUT2D eigenvalue weighted by atomic mass is 19.2. The SMILES string of the molecule is CCOc1ccc(C2/C(=C(\O)c3cccc(OCC(C)C)c3)C(=O)C(=O)N2c2ccc(F)c(F)c2)cc1. The molecule has 192 valence electrons. The van der Waals surface area contributed by atoms with Crippen molar-refractivity contribution in [1.29, 1.82) is 0 Å². The first-order valence-corrected chi connectivity index (χ1v) is 11.9. The minimum absolute atomic E-state index is 0.0204. The number of benzene rings is 3. The smallest absolute Gasteiger partial charge is 0.300 e. The maximum Gasteiger partial charge on any atom is 0.300 e. The summed E-state index contributed by atoms with van der Waals surface area (Å²) in [7, 11) is 0. The Morgan fingerprint density at radius 2 is 1.68 bits per heavy atom. The Kier molecular flexibility index (Phi) is 7.57. The lowest BCUT2D eigenvalue weighted by Gasteiger charge is -2.25. The number of carbonyl (C=O) groups excluding carboxylic acids is 2. The summed E-state index contributed by atoms with van der Waals surface area (Å²) in [6.45, 7) is 6.74. The molecule has 1 aliphatic heterocycles. The van der Waals surface area contributed by atoms with Gasteiger partial charge in [0.25, 0.3) is 11.7 Å². The van der Waals surface area contributed by atoms with Gasteiger partial charge in [-0.3, -0.25) is 14.5 Å². The van der Waals surface area contributed by atoms with Crippen LogP contribution in [0.5, 0.6) is 11.5 Å². The molecule has 37 heavy (non-hydrogen) atoms. The van der Waals surface area contributed by atoms with Gasteiger partial charge < -0.3 is 14.6 Å². The maximum atomic E-state index is 14.1. The van der Waals surface area contributed by atoms with Gasteiger partial charge in [-0.2, -0.15) is 0 Å². The number of hydrogen-bond donors (Lipinski definition) is 1. The van der Waals surface area contributed by atoms with Crippen molar-refractivity contribution in [2.24, 2.45) is 5.92 Å². The third-order valence-corrected chi connectivity index (χ3v) is 5.82. The van der Waals surface area contributed by atoms with Gasteiger partial charge in [-0.05, 0) is 54.8 Å². The first-order valence-electron chi connectivity index (χ1n) is 11.9. The number of aliphatic hydroxyl groups is 1. The predicted octanol–water partition coefficient (Wildman–Crippen LogP) is 6.02. The van der Waals surface area contributed by atoms with E-state index in [1.807, 2.05) is 20.8 Å². The Bertz CT molecular complexity index is 1350. The van der Waals surface area contributed by atoms with Crippen molar-refractivity contribution in [3.8, 4) is 11.5 Å². The normalized spacial score (nSPS) is 16.9. The van der Waals surface area contributed by atoms with Crippen LogP contribution in [0.15, 0.2) is 72.3 Å². The van der Waals surface area contributed by atoms with Gasteiger partial charge in [0.2, 0.25) is 0 Å². The summed E-state index contributed by atoms with van der Waals surface area (Å²) in [6, 6.07) is 15.1. The van der Waals surface area contributed by atoms with Crippen LogP contribution < -0.4 is 14.4 Å². The molecule has 6 nitrogen and oxygen atoms in total. The summed E-state index contributed by atoms with van der Waals surface area (Å²) < 4.78 is 39.0. The minimum Gasteiger partial charge on any atom is -0.507 e. The van der Waals surface area contributed by atoms with Crippen molar-refractivity contribution in [1.82, 2.24) is 0 Å². The second-order valence-corrected chi connectivity index (χ2v) is 9.00. The summed E-state index contributed by atoms with van der Waals surface area (Å²) in [4.78, 5) is 27.5. The highest BCUT2D eigenvalue weighted by Crippen LogP contribution is 2.43. The lowest BCUT2D eigenvalue weighted by atomic mass is 9.95. The molecule has 1 heterocycles. The Morgan fingerprint density at radius 3 is 2.32 bits per heavy atom. The zero-order chi connectivity index (χ0) is 26.7. The van der Waals surface area contributed by atoms with E-state index in [9.17, 15) is 23.5 Å². The van der Waals surface area contributed by atoms with E-state index in [4.69, 9.17) is 9.47 Å². The van der Waals surface area contributed by atoms with E-state index >= 15 is 0 Å². The number of ketones is 1. The van der Waals surface area contributed by atoms with Gasteiger partial charge in [0, 0.05) is 17.3 Å². The molecule has 1 fully saturated rings. The number of aliphatic hydroxyl groups excluding tert-OH is 1. The second-order valence-electron chi connectivity index (χ2n) is 9.00. The largest absolute Gasteiger partial charge is 0.507 e. The van der Waals surface area contributed by atoms with E-state index < -0.39 is 35.1 Å². The van der Waals surface area contributed by atoms with Crippen molar-refractivity contribution >= 4 is 23.1 Å². The Labute approximate surface area is 213 Å². The molecule has 3 aromatic carbocycles. The molecule has 4 rings (SSSR count). The van der Waals surface area contributed by atoms with Gasteiger partial charge in [-0.15, -0.1) is 0 Å². The molecule has 1 saturated heterocycles. The number of hydrogen-bond acceptors (Lipinski definition) is 5. The fourth-order valence-corrected chi connectivity index (χ4v) is 4.11. The van der Waals surface area contributed by atoms with Crippen LogP contribution >= 0.6 is 0 Å². The van der Waals surface area contributed by atoms with Crippen LogP contribution in [0.2, 0.25) is 0 Å². The van der Waals surface area contributed by atoms with Crippen LogP contribution in [0.4, 0.5) is 14.5 Å². The minimum atomic E-state index is -1.17. The van der Waals surface area contributed by atoms with Crippen molar-refractivity contribution < 1.29 is 33.0 Å². The molecule has 0 aromatic heterocycles. The fraction of sp³-hybridized carbons (Fsp3) is 0.241. The molecule has 8 heteroatoms. The molecule has 0 saturated carbocycles. The van der Waals surface area contributed by atoms with Crippen LogP contribution in [0.1, 0.15) is 37.9 Å². The monoisotopic (exact) mass is 507 g/mol. The molecule has 0 bridgehead atoms. The van der Waals surface area contributed by atoms with E-state index in [1.54, 1.807) is 48.5 Å². The molecule has 3 aromatic rings. The van der Waals surface area contributed by atoms with E-state index in [0.29, 0.717) is 30.3 Å². The second kappa shape index (κ2) is 10.8. The number of Topliss-reactive ketones (excluding diaryl/α,β-unsaturated/α-hetero) is 1. The van der Waals surface area contributed by atoms with Gasteiger partial charge in [0.15, 0.2) is 11.6 Å². The van der Waals surface area contributed by atoms with Crippen LogP contribution in [0, 0.1) is 17.6 Å². The Balaban J connectivity index is 1.86. The number of nitrogens with zero attached hydrogens (tertiary/aromatic N) is 1. The Morgan fingerprint density at radius 1 is 0.946 bits per heavy atom. The molecular formula is C29H27F2NO5. The molecule has 1 amide bonds. The molecule has 0 aliphatic carbocycles. The lowest BCUT2D eigenvalue weighted by Crippen LogP contribution is -2.29. The van der Waals surface area contributed by atoms with Crippen molar-refractivity contribution in [3.05, 3.63) is 95.1 Å². The van der Waals surface area contributed by atoms with Gasteiger partial charge in [0.1, 0.15) is 17.3 Å². The summed E-state index contributed by atoms with van der Waals surface area (Å²) in [5.74, 6) is -3.24. The zero-order valence-corrected chi connectivity index (χ0v) is 20.7. The highest BCUT2D eigenvalue weighted by molar-refractivity contribution is 6.51. The zero-order valence-electron chi connectivity index (χ0n) is 20.7. The molecule has 1 atom stereocenters. The van der Waals surface area contributed by atoms with Crippen molar-refractivity contribution in [2.45, 2.75) is 26.8 Å². The van der Waals surface area contributed by atoms with Crippen molar-refractivity contribution in [3.63, 3.8) is 0 Å². The third-order valence-electron chi connectivity index (χ3n) is 5.82. The van der Waals surface area contributed by atoms with Gasteiger partial charge >= 0.3 is 0 Å². The van der Waals surface area contributed by atoms with Crippen LogP contribution in [-0.2, 0) is 9.59 Å². The number of rotatable bonds is 8. The molecule has 0 spiro atoms. The van der Waals surface area contributed by atoms with Crippen LogP contribution in [-0.4, -0.2) is 30.0 Å². The average Bonchev–Trinajstić information content (AvgIpc) is 3.15. The summed E-state index contributed by atoms with van der Waals surface area (Å²) in [6.07, 6.45) is 0. The average molecular weight is 508 g/mol. The van der Waals surface area contributed by atoms with Crippen molar-refractivity contribution in [2.75, 3.05) is 18.1 Å². The third kappa shape index (κ3) is 5.33. The number of amides is 1. The van der Waals surface area contributed by atoms with Gasteiger partial charge in [0.05, 0.1) is 24.8 Å². The predicted molar refractivity (Wildman–Crippen MR) is 136 cm³/mol. The maximum absolute atomic E-state index is 14.1. The number of halogens is 2. The molecule has 1 aliphatic rings. The standard InChI is InChI=1S/C29H27F2NO5/c1-4-36-21-11-8-18(9-12-21)26-25(27(33)19-6-5-7-22(14-19)37-16-17(2)3)28(34)29(35)32(26)20-10-13-23(30)24(31)15-20/h5-15,17,26,33H,4,16H2,1-3H3/b27-25+. The summed E-state index contributed by atoms with van der Waals surface area (Å²) >= 11 is 0. The van der Waals surface area contributed by atoms with E-state index in [2.05, 4.69) is 0 Å². The first kappa shape index (κ1) is 25.9. The molecular weight excluding hydrogens is 480 g/mol. The first-order chi connectivity index (χ1) is 17.7. The molecule has 1 unspecified atom stereocenters. The highest BCUT2D eigenvalue weighted by Gasteiger charge is 2.47. The van der Waals surface area contributed by atoms with Crippen LogP contribution in [0.3, 0.4) is 0 Å². The van der Waals surface area contributed by atoms with Gasteiger partial charge in [-0.25, -0.2) is 8.78 Å². The Hall–Kier alpha value is -4.20. The van der Waals surface area contributed by atoms with E-state index in [0.717, 1.165) is 17.0 Å². The lowest BCUT2D eigenvalue weighted by molar-refractivity contribution is -0.132. The van der Waals surface area contributed by atoms with E-state index in [-0.39, 0.29) is 22.7 Å². The fourth-order valence-electron chi connectivity index (χ4n) is 4.11. The topological polar surface area (TPSA) is 76.1 Å². The number of anilines is 1. The molecule has 1 N–H and O–H groups in total. The molecule has 0 radical (unpaired) electrons. The quantitative estimate of drug-likeness (QED) is 0.229. The van der Waals surface area contributed by atoms with Gasteiger partial charge in [-0.1, -0.05) is 38.1 Å². The number of carbonyl (C=O) groups is 2. The van der Waals surface area contributed by atoms with E-state index in [1.165, 1.54) is 6.07 Å².